The highest BCUT2D eigenvalue weighted by Crippen LogP contribution is 2.25. The van der Waals surface area contributed by atoms with E-state index in [9.17, 15) is 14.4 Å². The quantitative estimate of drug-likeness (QED) is 0.0380. The van der Waals surface area contributed by atoms with Crippen LogP contribution < -0.4 is 0 Å². The van der Waals surface area contributed by atoms with Gasteiger partial charge in [-0.1, -0.05) is 66.4 Å². The van der Waals surface area contributed by atoms with Gasteiger partial charge in [0.15, 0.2) is 0 Å². The summed E-state index contributed by atoms with van der Waals surface area (Å²) in [6, 6.07) is 0.613. The lowest BCUT2D eigenvalue weighted by Crippen LogP contribution is -2.42. The van der Waals surface area contributed by atoms with Crippen molar-refractivity contribution in [2.45, 2.75) is 105 Å². The smallest absolute Gasteiger partial charge is 0.466 e. The molecule has 0 spiro atoms. The maximum atomic E-state index is 12.1. The van der Waals surface area contributed by atoms with Crippen molar-refractivity contribution < 1.29 is 41.9 Å². The Hall–Kier alpha value is -1.75. The molecule has 0 aliphatic heterocycles. The minimum atomic E-state index is -2.61. The van der Waals surface area contributed by atoms with Crippen molar-refractivity contribution >= 4 is 26.7 Å². The molecule has 0 heterocycles. The molecule has 0 saturated heterocycles. The van der Waals surface area contributed by atoms with E-state index in [0.29, 0.717) is 55.2 Å². The van der Waals surface area contributed by atoms with Gasteiger partial charge in [0.05, 0.1) is 6.61 Å². The maximum Gasteiger partial charge on any atom is 0.500 e. The molecule has 10 heteroatoms. The van der Waals surface area contributed by atoms with E-state index in [2.05, 4.69) is 34.3 Å². The first-order chi connectivity index (χ1) is 19.4. The molecule has 0 bridgehead atoms. The van der Waals surface area contributed by atoms with Gasteiger partial charge in [-0.25, -0.2) is 4.79 Å². The fourth-order valence-electron chi connectivity index (χ4n) is 4.47. The summed E-state index contributed by atoms with van der Waals surface area (Å²) in [5.41, 5.74) is 0.326. The second-order valence-electron chi connectivity index (χ2n) is 11.7. The summed E-state index contributed by atoms with van der Waals surface area (Å²) in [5, 5.41) is 0. The topological polar surface area (TPSA) is 107 Å². The van der Waals surface area contributed by atoms with Crippen LogP contribution in [-0.4, -0.2) is 67.9 Å². The molecule has 0 aromatic carbocycles. The van der Waals surface area contributed by atoms with Gasteiger partial charge < -0.3 is 27.5 Å². The average molecular weight is 603 g/mol. The number of rotatable bonds is 25. The molecule has 9 nitrogen and oxygen atoms in total. The fraction of sp³-hybridized carbons (Fsp3) is 0.839. The maximum absolute atomic E-state index is 12.1. The molecular formula is C31H58O9Si. The van der Waals surface area contributed by atoms with Crippen LogP contribution in [0.1, 0.15) is 98.8 Å². The third-order valence-corrected chi connectivity index (χ3v) is 10.4. The van der Waals surface area contributed by atoms with Crippen LogP contribution in [0.3, 0.4) is 0 Å². The van der Waals surface area contributed by atoms with E-state index in [0.717, 1.165) is 32.1 Å². The van der Waals surface area contributed by atoms with Gasteiger partial charge in [-0.05, 0) is 49.9 Å². The van der Waals surface area contributed by atoms with Crippen molar-refractivity contribution in [2.75, 3.05) is 41.2 Å². The summed E-state index contributed by atoms with van der Waals surface area (Å²) in [4.78, 5) is 35.4. The molecular weight excluding hydrogens is 544 g/mol. The van der Waals surface area contributed by atoms with Crippen molar-refractivity contribution in [3.63, 3.8) is 0 Å². The van der Waals surface area contributed by atoms with E-state index >= 15 is 0 Å². The Morgan fingerprint density at radius 3 is 1.56 bits per heavy atom. The van der Waals surface area contributed by atoms with E-state index < -0.39 is 14.8 Å². The van der Waals surface area contributed by atoms with Gasteiger partial charge in [0, 0.05) is 45.8 Å². The van der Waals surface area contributed by atoms with Crippen LogP contribution in [0.2, 0.25) is 6.04 Å². The summed E-state index contributed by atoms with van der Waals surface area (Å²) in [7, 11) is 2.13. The highest BCUT2D eigenvalue weighted by Gasteiger charge is 2.37. The zero-order chi connectivity index (χ0) is 31.3. The molecule has 0 N–H and O–H groups in total. The summed E-state index contributed by atoms with van der Waals surface area (Å²) in [6.45, 7) is 14.4. The lowest BCUT2D eigenvalue weighted by molar-refractivity contribution is -0.150. The fourth-order valence-corrected chi connectivity index (χ4v) is 6.16. The Labute approximate surface area is 250 Å². The Morgan fingerprint density at radius 1 is 0.634 bits per heavy atom. The van der Waals surface area contributed by atoms with Crippen LogP contribution in [-0.2, 0) is 41.9 Å². The molecule has 0 aliphatic carbocycles. The Bertz CT molecular complexity index is 746. The number of carbonyl (C=O) groups excluding carboxylic acids is 3. The molecule has 0 aromatic heterocycles. The van der Waals surface area contributed by atoms with Crippen molar-refractivity contribution in [3.8, 4) is 0 Å². The van der Waals surface area contributed by atoms with Crippen LogP contribution in [0, 0.1) is 23.7 Å². The van der Waals surface area contributed by atoms with Crippen molar-refractivity contribution in [1.82, 2.24) is 0 Å². The number of esters is 3. The number of ether oxygens (including phenoxy) is 3. The molecule has 0 aromatic rings. The van der Waals surface area contributed by atoms with E-state index in [1.54, 1.807) is 28.3 Å². The molecule has 0 aliphatic rings. The van der Waals surface area contributed by atoms with Gasteiger partial charge in [0.25, 0.3) is 0 Å². The second-order valence-corrected chi connectivity index (χ2v) is 14.7. The predicted molar refractivity (Wildman–Crippen MR) is 162 cm³/mol. The average Bonchev–Trinajstić information content (AvgIpc) is 2.95. The molecule has 0 fully saturated rings. The molecule has 41 heavy (non-hydrogen) atoms. The predicted octanol–water partition coefficient (Wildman–Crippen LogP) is 6.52. The lowest BCUT2D eigenvalue weighted by atomic mass is 9.88. The number of hydrogen-bond acceptors (Lipinski definition) is 9. The SMILES string of the molecule is C=C(C)C(=O)OCCOC(=O)CC(C)CCC(C)CCC(C)CCC(C)CCC(=O)OCCC[Si](OC)(OC)OC. The number of hydrogen-bond donors (Lipinski definition) is 0. The molecule has 0 saturated carbocycles. The van der Waals surface area contributed by atoms with E-state index in [4.69, 9.17) is 27.5 Å². The van der Waals surface area contributed by atoms with E-state index in [-0.39, 0.29) is 31.1 Å². The van der Waals surface area contributed by atoms with Crippen LogP contribution >= 0.6 is 0 Å². The zero-order valence-electron chi connectivity index (χ0n) is 27.1. The first kappa shape index (κ1) is 39.2. The Morgan fingerprint density at radius 2 is 1.07 bits per heavy atom. The molecule has 0 rings (SSSR count). The van der Waals surface area contributed by atoms with Gasteiger partial charge >= 0.3 is 26.7 Å². The molecule has 4 unspecified atom stereocenters. The Kier molecular flexibility index (Phi) is 21.8. The molecule has 0 amide bonds. The zero-order valence-corrected chi connectivity index (χ0v) is 28.1. The monoisotopic (exact) mass is 602 g/mol. The number of carbonyl (C=O) groups is 3. The highest BCUT2D eigenvalue weighted by atomic mass is 28.4. The van der Waals surface area contributed by atoms with Crippen molar-refractivity contribution in [1.29, 1.82) is 0 Å². The summed E-state index contributed by atoms with van der Waals surface area (Å²) in [6.07, 6.45) is 9.01. The summed E-state index contributed by atoms with van der Waals surface area (Å²) < 4.78 is 31.6. The lowest BCUT2D eigenvalue weighted by Gasteiger charge is -2.24. The third-order valence-electron chi connectivity index (χ3n) is 7.56. The van der Waals surface area contributed by atoms with Gasteiger partial charge in [-0.3, -0.25) is 9.59 Å². The van der Waals surface area contributed by atoms with Gasteiger partial charge in [-0.15, -0.1) is 0 Å². The summed E-state index contributed by atoms with van der Waals surface area (Å²) in [5.74, 6) is 1.11. The Balaban J connectivity index is 3.94. The minimum absolute atomic E-state index is 0.0506. The van der Waals surface area contributed by atoms with Crippen LogP contribution in [0.4, 0.5) is 0 Å². The largest absolute Gasteiger partial charge is 0.500 e. The van der Waals surface area contributed by atoms with E-state index in [1.807, 2.05) is 0 Å². The normalized spacial score (nSPS) is 14.5. The first-order valence-electron chi connectivity index (χ1n) is 15.2. The third kappa shape index (κ3) is 19.9. The summed E-state index contributed by atoms with van der Waals surface area (Å²) >= 11 is 0. The second kappa shape index (κ2) is 22.8. The van der Waals surface area contributed by atoms with Gasteiger partial charge in [0.1, 0.15) is 13.2 Å². The van der Waals surface area contributed by atoms with Crippen LogP contribution in [0.25, 0.3) is 0 Å². The molecule has 0 radical (unpaired) electrons. The van der Waals surface area contributed by atoms with Gasteiger partial charge in [0.2, 0.25) is 0 Å². The standard InChI is InChI=1S/C31H58O9Si/c1-24(2)31(34)40-21-20-39-30(33)23-28(6)16-15-26(4)12-11-25(3)13-14-27(5)17-18-29(32)38-19-10-22-41(35-7,36-8)37-9/h25-28H,1,10-23H2,2-9H3. The van der Waals surface area contributed by atoms with Crippen LogP contribution in [0.5, 0.6) is 0 Å². The minimum Gasteiger partial charge on any atom is -0.466 e. The molecule has 4 atom stereocenters. The molecule has 240 valence electrons. The highest BCUT2D eigenvalue weighted by molar-refractivity contribution is 6.60. The van der Waals surface area contributed by atoms with E-state index in [1.165, 1.54) is 12.8 Å². The first-order valence-corrected chi connectivity index (χ1v) is 17.1. The van der Waals surface area contributed by atoms with Crippen molar-refractivity contribution in [2.24, 2.45) is 23.7 Å². The van der Waals surface area contributed by atoms with Crippen LogP contribution in [0.15, 0.2) is 12.2 Å². The van der Waals surface area contributed by atoms with Gasteiger partial charge in [-0.2, -0.15) is 0 Å². The van der Waals surface area contributed by atoms with Crippen molar-refractivity contribution in [3.05, 3.63) is 12.2 Å².